The van der Waals surface area contributed by atoms with Gasteiger partial charge in [-0.3, -0.25) is 0 Å². The Bertz CT molecular complexity index is 506. The van der Waals surface area contributed by atoms with Gasteiger partial charge in [0, 0.05) is 25.5 Å². The molecule has 1 aromatic carbocycles. The first-order valence-corrected chi connectivity index (χ1v) is 7.11. The predicted octanol–water partition coefficient (Wildman–Crippen LogP) is 3.65. The molecule has 0 spiro atoms. The second-order valence-electron chi connectivity index (χ2n) is 5.24. The molecule has 2 rings (SSSR count). The summed E-state index contributed by atoms with van der Waals surface area (Å²) in [7, 11) is 0. The molecule has 0 unspecified atom stereocenters. The fourth-order valence-electron chi connectivity index (χ4n) is 2.38. The van der Waals surface area contributed by atoms with Gasteiger partial charge in [0.2, 0.25) is 0 Å². The Kier molecular flexibility index (Phi) is 4.80. The third-order valence-corrected chi connectivity index (χ3v) is 3.55. The molecule has 0 aliphatic rings. The summed E-state index contributed by atoms with van der Waals surface area (Å²) in [5.41, 5.74) is 5.55. The minimum Gasteiger partial charge on any atom is -0.350 e. The largest absolute Gasteiger partial charge is 0.350 e. The molecule has 0 bridgehead atoms. The molecule has 2 nitrogen and oxygen atoms in total. The van der Waals surface area contributed by atoms with Gasteiger partial charge in [-0.15, -0.1) is 0 Å². The van der Waals surface area contributed by atoms with Gasteiger partial charge in [0.1, 0.15) is 0 Å². The first-order valence-electron chi connectivity index (χ1n) is 7.11. The number of nitrogens with zero attached hydrogens (tertiary/aromatic N) is 1. The summed E-state index contributed by atoms with van der Waals surface area (Å²) in [5.74, 6) is 0. The Morgan fingerprint density at radius 1 is 1.11 bits per heavy atom. The first kappa shape index (κ1) is 13.9. The second-order valence-corrected chi connectivity index (χ2v) is 5.24. The molecule has 2 aromatic rings. The third kappa shape index (κ3) is 3.71. The topological polar surface area (TPSA) is 17.0 Å². The standard InChI is InChI=1S/C17H24N2/c1-4-9-18-11-16-8-10-19(12-16)13-17-14(2)6-5-7-15(17)3/h5-8,10,12,18H,4,9,11,13H2,1-3H3. The zero-order valence-corrected chi connectivity index (χ0v) is 12.2. The monoisotopic (exact) mass is 256 g/mol. The molecule has 102 valence electrons. The fraction of sp³-hybridized carbons (Fsp3) is 0.412. The smallest absolute Gasteiger partial charge is 0.0475 e. The minimum atomic E-state index is 0.965. The molecule has 1 N–H and O–H groups in total. The van der Waals surface area contributed by atoms with Gasteiger partial charge in [0.15, 0.2) is 0 Å². The van der Waals surface area contributed by atoms with Gasteiger partial charge in [-0.05, 0) is 55.1 Å². The van der Waals surface area contributed by atoms with Gasteiger partial charge in [-0.25, -0.2) is 0 Å². The highest BCUT2D eigenvalue weighted by molar-refractivity contribution is 5.33. The summed E-state index contributed by atoms with van der Waals surface area (Å²) >= 11 is 0. The summed E-state index contributed by atoms with van der Waals surface area (Å²) in [6.07, 6.45) is 5.60. The van der Waals surface area contributed by atoms with Crippen molar-refractivity contribution < 1.29 is 0 Å². The highest BCUT2D eigenvalue weighted by Crippen LogP contribution is 2.15. The summed E-state index contributed by atoms with van der Waals surface area (Å²) in [6.45, 7) is 9.59. The third-order valence-electron chi connectivity index (χ3n) is 3.55. The lowest BCUT2D eigenvalue weighted by Gasteiger charge is -2.10. The zero-order chi connectivity index (χ0) is 13.7. The molecule has 0 fully saturated rings. The molecule has 2 heteroatoms. The molecule has 0 saturated carbocycles. The van der Waals surface area contributed by atoms with Gasteiger partial charge in [0.05, 0.1) is 0 Å². The average Bonchev–Trinajstić information content (AvgIpc) is 2.82. The van der Waals surface area contributed by atoms with E-state index in [-0.39, 0.29) is 0 Å². The molecular formula is C17H24N2. The Morgan fingerprint density at radius 3 is 2.53 bits per heavy atom. The number of aryl methyl sites for hydroxylation is 2. The minimum absolute atomic E-state index is 0.965. The van der Waals surface area contributed by atoms with Crippen LogP contribution in [-0.4, -0.2) is 11.1 Å². The maximum Gasteiger partial charge on any atom is 0.0475 e. The normalized spacial score (nSPS) is 10.9. The molecule has 0 saturated heterocycles. The second kappa shape index (κ2) is 6.58. The van der Waals surface area contributed by atoms with Gasteiger partial charge in [-0.2, -0.15) is 0 Å². The number of benzene rings is 1. The van der Waals surface area contributed by atoms with Crippen LogP contribution in [0.3, 0.4) is 0 Å². The van der Waals surface area contributed by atoms with Gasteiger partial charge in [0.25, 0.3) is 0 Å². The van der Waals surface area contributed by atoms with E-state index in [0.717, 1.165) is 19.6 Å². The summed E-state index contributed by atoms with van der Waals surface area (Å²) in [6, 6.07) is 8.71. The van der Waals surface area contributed by atoms with Gasteiger partial charge < -0.3 is 9.88 Å². The van der Waals surface area contributed by atoms with Crippen molar-refractivity contribution in [3.63, 3.8) is 0 Å². The Labute approximate surface area is 116 Å². The van der Waals surface area contributed by atoms with Crippen LogP contribution in [0.15, 0.2) is 36.7 Å². The summed E-state index contributed by atoms with van der Waals surface area (Å²) in [4.78, 5) is 0. The van der Waals surface area contributed by atoms with E-state index >= 15 is 0 Å². The maximum absolute atomic E-state index is 3.44. The molecular weight excluding hydrogens is 232 g/mol. The van der Waals surface area contributed by atoms with E-state index < -0.39 is 0 Å². The van der Waals surface area contributed by atoms with Crippen molar-refractivity contribution in [2.45, 2.75) is 40.3 Å². The van der Waals surface area contributed by atoms with Crippen molar-refractivity contribution in [1.29, 1.82) is 0 Å². The predicted molar refractivity (Wildman–Crippen MR) is 81.4 cm³/mol. The molecule has 0 aliphatic heterocycles. The van der Waals surface area contributed by atoms with Crippen LogP contribution in [0, 0.1) is 13.8 Å². The van der Waals surface area contributed by atoms with Crippen molar-refractivity contribution in [2.75, 3.05) is 6.54 Å². The highest BCUT2D eigenvalue weighted by atomic mass is 14.9. The lowest BCUT2D eigenvalue weighted by molar-refractivity contribution is 0.673. The fourth-order valence-corrected chi connectivity index (χ4v) is 2.38. The quantitative estimate of drug-likeness (QED) is 0.781. The van der Waals surface area contributed by atoms with Gasteiger partial charge in [-0.1, -0.05) is 25.1 Å². The molecule has 1 heterocycles. The first-order chi connectivity index (χ1) is 9.20. The van der Waals surface area contributed by atoms with E-state index in [1.165, 1.54) is 28.7 Å². The van der Waals surface area contributed by atoms with Crippen LogP contribution < -0.4 is 5.32 Å². The Hall–Kier alpha value is -1.54. The van der Waals surface area contributed by atoms with Crippen LogP contribution in [-0.2, 0) is 13.1 Å². The molecule has 0 radical (unpaired) electrons. The van der Waals surface area contributed by atoms with Crippen molar-refractivity contribution >= 4 is 0 Å². The number of aromatic nitrogens is 1. The van der Waals surface area contributed by atoms with E-state index in [0.29, 0.717) is 0 Å². The van der Waals surface area contributed by atoms with Crippen molar-refractivity contribution in [1.82, 2.24) is 9.88 Å². The number of rotatable bonds is 6. The van der Waals surface area contributed by atoms with Crippen LogP contribution >= 0.6 is 0 Å². The molecule has 0 atom stereocenters. The van der Waals surface area contributed by atoms with Crippen molar-refractivity contribution in [2.24, 2.45) is 0 Å². The van der Waals surface area contributed by atoms with Gasteiger partial charge >= 0.3 is 0 Å². The van der Waals surface area contributed by atoms with Crippen LogP contribution in [0.25, 0.3) is 0 Å². The van der Waals surface area contributed by atoms with E-state index in [2.05, 4.69) is 67.3 Å². The average molecular weight is 256 g/mol. The Balaban J connectivity index is 2.03. The molecule has 1 aromatic heterocycles. The van der Waals surface area contributed by atoms with Crippen LogP contribution in [0.1, 0.15) is 35.6 Å². The van der Waals surface area contributed by atoms with Crippen LogP contribution in [0.2, 0.25) is 0 Å². The molecule has 19 heavy (non-hydrogen) atoms. The van der Waals surface area contributed by atoms with Crippen LogP contribution in [0.4, 0.5) is 0 Å². The highest BCUT2D eigenvalue weighted by Gasteiger charge is 2.03. The van der Waals surface area contributed by atoms with E-state index in [1.807, 2.05) is 0 Å². The molecule has 0 amide bonds. The van der Waals surface area contributed by atoms with Crippen molar-refractivity contribution in [3.8, 4) is 0 Å². The summed E-state index contributed by atoms with van der Waals surface area (Å²) < 4.78 is 2.28. The van der Waals surface area contributed by atoms with Crippen molar-refractivity contribution in [3.05, 3.63) is 58.9 Å². The Morgan fingerprint density at radius 2 is 1.84 bits per heavy atom. The van der Waals surface area contributed by atoms with E-state index in [4.69, 9.17) is 0 Å². The lowest BCUT2D eigenvalue weighted by Crippen LogP contribution is -2.13. The van der Waals surface area contributed by atoms with E-state index in [1.54, 1.807) is 0 Å². The van der Waals surface area contributed by atoms with Crippen LogP contribution in [0.5, 0.6) is 0 Å². The lowest BCUT2D eigenvalue weighted by atomic mass is 10.0. The molecule has 0 aliphatic carbocycles. The zero-order valence-electron chi connectivity index (χ0n) is 12.2. The SMILES string of the molecule is CCCNCc1ccn(Cc2c(C)cccc2C)c1. The number of hydrogen-bond acceptors (Lipinski definition) is 1. The summed E-state index contributed by atoms with van der Waals surface area (Å²) in [5, 5.41) is 3.44. The number of nitrogens with one attached hydrogen (secondary N) is 1. The van der Waals surface area contributed by atoms with E-state index in [9.17, 15) is 0 Å². The maximum atomic E-state index is 3.44. The number of hydrogen-bond donors (Lipinski definition) is 1.